The van der Waals surface area contributed by atoms with Gasteiger partial charge in [-0.15, -0.1) is 0 Å². The Morgan fingerprint density at radius 3 is 2.34 bits per heavy atom. The zero-order valence-corrected chi connectivity index (χ0v) is 27.5. The third-order valence-corrected chi connectivity index (χ3v) is 8.42. The second kappa shape index (κ2) is 13.3. The highest BCUT2D eigenvalue weighted by Gasteiger charge is 2.41. The summed E-state index contributed by atoms with van der Waals surface area (Å²) in [6, 6.07) is 10.7. The molecule has 2 aromatic rings. The third kappa shape index (κ3) is 7.83. The van der Waals surface area contributed by atoms with Gasteiger partial charge in [-0.25, -0.2) is 8.42 Å². The number of halogens is 1. The van der Waals surface area contributed by atoms with Crippen molar-refractivity contribution in [2.24, 2.45) is 11.3 Å². The van der Waals surface area contributed by atoms with Gasteiger partial charge in [-0.1, -0.05) is 44.5 Å². The van der Waals surface area contributed by atoms with Gasteiger partial charge in [-0.3, -0.25) is 19.1 Å². The van der Waals surface area contributed by atoms with E-state index in [-0.39, 0.29) is 36.7 Å². The first kappa shape index (κ1) is 33.5. The van der Waals surface area contributed by atoms with Crippen LogP contribution < -0.4 is 19.1 Å². The average molecular weight is 650 g/mol. The molecule has 0 spiro atoms. The number of nitrogens with zero attached hydrogens (tertiary/aromatic N) is 2. The lowest BCUT2D eigenvalue weighted by Crippen LogP contribution is -2.47. The molecule has 0 aromatic heterocycles. The number of ether oxygens (including phenoxy) is 3. The van der Waals surface area contributed by atoms with Crippen molar-refractivity contribution >= 4 is 45.0 Å². The van der Waals surface area contributed by atoms with Crippen LogP contribution in [0.15, 0.2) is 36.4 Å². The molecule has 0 aliphatic carbocycles. The number of amides is 3. The molecule has 11 nitrogen and oxygen atoms in total. The van der Waals surface area contributed by atoms with Crippen LogP contribution in [0.1, 0.15) is 57.3 Å². The third-order valence-electron chi connectivity index (χ3n) is 7.62. The minimum atomic E-state index is -3.68. The van der Waals surface area contributed by atoms with E-state index in [1.807, 2.05) is 31.6 Å². The highest BCUT2D eigenvalue weighted by Crippen LogP contribution is 2.45. The zero-order valence-electron chi connectivity index (χ0n) is 25.9. The Bertz CT molecular complexity index is 1520. The van der Waals surface area contributed by atoms with Crippen molar-refractivity contribution in [1.82, 2.24) is 9.62 Å². The van der Waals surface area contributed by atoms with Crippen LogP contribution in [-0.4, -0.2) is 77.3 Å². The van der Waals surface area contributed by atoms with Gasteiger partial charge in [0.25, 0.3) is 5.91 Å². The lowest BCUT2D eigenvalue weighted by Gasteiger charge is -2.33. The molecule has 2 aliphatic heterocycles. The first-order valence-electron chi connectivity index (χ1n) is 14.4. The van der Waals surface area contributed by atoms with Crippen molar-refractivity contribution < 1.29 is 37.0 Å². The smallest absolute Gasteiger partial charge is 0.256 e. The molecule has 0 saturated carbocycles. The number of likely N-dealkylation sites (tertiary alicyclic amines) is 1. The number of methoxy groups -OCH3 is 2. The molecule has 4 rings (SSSR count). The van der Waals surface area contributed by atoms with E-state index in [0.717, 1.165) is 6.26 Å². The van der Waals surface area contributed by atoms with Crippen LogP contribution >= 0.6 is 11.6 Å². The minimum absolute atomic E-state index is 0.232. The molecule has 1 saturated heterocycles. The SMILES string of the molecule is COc1cccc([C@H]2O[C@H](CC(=O)N3CCC(C(=O)NS(C)(=O)=O)CC3)C(=O)N(CC(C)(C)C)c3ccc(Cl)cc32)c1OC. The van der Waals surface area contributed by atoms with Crippen molar-refractivity contribution in [2.45, 2.75) is 52.2 Å². The molecule has 2 aliphatic rings. The number of para-hydroxylation sites is 1. The molecule has 44 heavy (non-hydrogen) atoms. The Morgan fingerprint density at radius 1 is 1.07 bits per heavy atom. The predicted molar refractivity (Wildman–Crippen MR) is 166 cm³/mol. The van der Waals surface area contributed by atoms with Gasteiger partial charge in [0.15, 0.2) is 11.5 Å². The summed E-state index contributed by atoms with van der Waals surface area (Å²) in [5.41, 5.74) is 1.59. The van der Waals surface area contributed by atoms with Crippen molar-refractivity contribution in [3.63, 3.8) is 0 Å². The summed E-state index contributed by atoms with van der Waals surface area (Å²) in [5.74, 6) is -0.857. The van der Waals surface area contributed by atoms with E-state index < -0.39 is 34.1 Å². The van der Waals surface area contributed by atoms with Crippen LogP contribution in [-0.2, 0) is 29.1 Å². The number of hydrogen-bond donors (Lipinski definition) is 1. The van der Waals surface area contributed by atoms with Crippen LogP contribution in [0.25, 0.3) is 0 Å². The quantitative estimate of drug-likeness (QED) is 0.455. The topological polar surface area (TPSA) is 132 Å². The van der Waals surface area contributed by atoms with E-state index in [2.05, 4.69) is 0 Å². The summed E-state index contributed by atoms with van der Waals surface area (Å²) >= 11 is 6.49. The van der Waals surface area contributed by atoms with E-state index in [1.165, 1.54) is 14.2 Å². The fraction of sp³-hybridized carbons (Fsp3) is 0.516. The van der Waals surface area contributed by atoms with E-state index in [9.17, 15) is 22.8 Å². The summed E-state index contributed by atoms with van der Waals surface area (Å²) in [6.45, 7) is 6.92. The lowest BCUT2D eigenvalue weighted by molar-refractivity contribution is -0.144. The van der Waals surface area contributed by atoms with Crippen molar-refractivity contribution in [1.29, 1.82) is 0 Å². The second-order valence-electron chi connectivity index (χ2n) is 12.4. The van der Waals surface area contributed by atoms with Gasteiger partial charge in [0.2, 0.25) is 21.8 Å². The number of piperidine rings is 1. The van der Waals surface area contributed by atoms with Crippen LogP contribution in [0, 0.1) is 11.3 Å². The largest absolute Gasteiger partial charge is 0.493 e. The van der Waals surface area contributed by atoms with Crippen LogP contribution in [0.5, 0.6) is 11.5 Å². The number of carbonyl (C=O) groups excluding carboxylic acids is 3. The highest BCUT2D eigenvalue weighted by atomic mass is 35.5. The average Bonchev–Trinajstić information content (AvgIpc) is 3.05. The van der Waals surface area contributed by atoms with Crippen molar-refractivity contribution in [3.05, 3.63) is 52.5 Å². The molecule has 0 radical (unpaired) electrons. The van der Waals surface area contributed by atoms with E-state index >= 15 is 0 Å². The Kier molecular flexibility index (Phi) is 10.2. The van der Waals surface area contributed by atoms with Crippen LogP contribution in [0.2, 0.25) is 5.02 Å². The van der Waals surface area contributed by atoms with Gasteiger partial charge < -0.3 is 24.0 Å². The fourth-order valence-electron chi connectivity index (χ4n) is 5.65. The van der Waals surface area contributed by atoms with Gasteiger partial charge in [0.05, 0.1) is 26.9 Å². The molecule has 13 heteroatoms. The second-order valence-corrected chi connectivity index (χ2v) is 14.6. The molecule has 240 valence electrons. The molecule has 2 heterocycles. The van der Waals surface area contributed by atoms with Gasteiger partial charge in [-0.2, -0.15) is 0 Å². The molecule has 3 amide bonds. The first-order valence-corrected chi connectivity index (χ1v) is 16.7. The Labute approximate surface area is 263 Å². The lowest BCUT2D eigenvalue weighted by atomic mass is 9.94. The summed E-state index contributed by atoms with van der Waals surface area (Å²) in [4.78, 5) is 43.5. The highest BCUT2D eigenvalue weighted by molar-refractivity contribution is 7.89. The molecule has 0 unspecified atom stereocenters. The monoisotopic (exact) mass is 649 g/mol. The maximum Gasteiger partial charge on any atom is 0.256 e. The summed E-state index contributed by atoms with van der Waals surface area (Å²) in [6.07, 6.45) is -0.678. The van der Waals surface area contributed by atoms with Crippen molar-refractivity contribution in [3.8, 4) is 11.5 Å². The van der Waals surface area contributed by atoms with Gasteiger partial charge in [-0.05, 0) is 42.5 Å². The van der Waals surface area contributed by atoms with Gasteiger partial charge >= 0.3 is 0 Å². The predicted octanol–water partition coefficient (Wildman–Crippen LogP) is 3.93. The summed E-state index contributed by atoms with van der Waals surface area (Å²) in [5, 5.41) is 0.458. The number of fused-ring (bicyclic) bond motifs is 1. The normalized spacial score (nSPS) is 19.7. The number of hydrogen-bond acceptors (Lipinski definition) is 8. The molecular weight excluding hydrogens is 610 g/mol. The Hall–Kier alpha value is -3.35. The van der Waals surface area contributed by atoms with Crippen LogP contribution in [0.4, 0.5) is 5.69 Å². The van der Waals surface area contributed by atoms with E-state index in [1.54, 1.807) is 40.1 Å². The molecule has 0 bridgehead atoms. The number of sulfonamides is 1. The standard InChI is InChI=1S/C31H40ClN3O8S/c1-31(2,3)18-35-23-11-10-20(32)16-22(23)27(21-8-7-9-24(41-4)28(21)42-5)43-25(30(35)38)17-26(36)34-14-12-19(13-15-34)29(37)33-44(6,39)40/h7-11,16,19,25,27H,12-15,17-18H2,1-6H3,(H,33,37)/t25-,27-/m1/s1. The molecular formula is C31H40ClN3O8S. The summed E-state index contributed by atoms with van der Waals surface area (Å²) < 4.78 is 42.8. The molecule has 1 N–H and O–H groups in total. The fourth-order valence-corrected chi connectivity index (χ4v) is 6.36. The van der Waals surface area contributed by atoms with Crippen molar-refractivity contribution in [2.75, 3.05) is 45.0 Å². The van der Waals surface area contributed by atoms with Crippen LogP contribution in [0.3, 0.4) is 0 Å². The Balaban J connectivity index is 1.68. The minimum Gasteiger partial charge on any atom is -0.493 e. The Morgan fingerprint density at radius 2 is 1.75 bits per heavy atom. The van der Waals surface area contributed by atoms with Gasteiger partial charge in [0.1, 0.15) is 12.2 Å². The molecule has 2 atom stereocenters. The number of nitrogens with one attached hydrogen (secondary N) is 1. The van der Waals surface area contributed by atoms with Gasteiger partial charge in [0, 0.05) is 47.4 Å². The number of rotatable bonds is 8. The zero-order chi connectivity index (χ0) is 32.4. The number of carbonyl (C=O) groups is 3. The maximum absolute atomic E-state index is 14.2. The van der Waals surface area contributed by atoms with E-state index in [4.69, 9.17) is 25.8 Å². The summed E-state index contributed by atoms with van der Waals surface area (Å²) in [7, 11) is -0.622. The molecule has 1 fully saturated rings. The number of anilines is 1. The maximum atomic E-state index is 14.2. The van der Waals surface area contributed by atoms with E-state index in [0.29, 0.717) is 52.7 Å². The number of benzene rings is 2. The first-order chi connectivity index (χ1) is 20.6. The molecule has 2 aromatic carbocycles.